The molecule has 1 aliphatic rings. The highest BCUT2D eigenvalue weighted by Gasteiger charge is 2.54. The van der Waals surface area contributed by atoms with E-state index in [1.54, 1.807) is 24.3 Å². The number of carboxylic acids is 1. The fraction of sp³-hybridized carbons (Fsp3) is 0.462. The molecular formula is C13H16ClNO4S. The van der Waals surface area contributed by atoms with Gasteiger partial charge in [-0.2, -0.15) is 0 Å². The summed E-state index contributed by atoms with van der Waals surface area (Å²) in [7, 11) is -3.47. The molecule has 20 heavy (non-hydrogen) atoms. The van der Waals surface area contributed by atoms with Crippen molar-refractivity contribution in [1.29, 1.82) is 0 Å². The first-order valence-corrected chi connectivity index (χ1v) is 8.55. The van der Waals surface area contributed by atoms with Crippen LogP contribution in [-0.2, 0) is 14.6 Å². The maximum atomic E-state index is 11.9. The highest BCUT2D eigenvalue weighted by Crippen LogP contribution is 2.39. The molecule has 1 saturated carbocycles. The maximum Gasteiger partial charge on any atom is 0.330 e. The Bertz CT molecular complexity index is 631. The summed E-state index contributed by atoms with van der Waals surface area (Å²) >= 11 is 6.03. The van der Waals surface area contributed by atoms with Crippen LogP contribution in [-0.4, -0.2) is 36.5 Å². The van der Waals surface area contributed by atoms with Crippen molar-refractivity contribution in [3.8, 4) is 0 Å². The summed E-state index contributed by atoms with van der Waals surface area (Å²) in [6.07, 6.45) is 2.21. The van der Waals surface area contributed by atoms with E-state index in [1.165, 1.54) is 0 Å². The molecule has 7 heteroatoms. The summed E-state index contributed by atoms with van der Waals surface area (Å²) < 4.78 is 23.8. The molecule has 5 nitrogen and oxygen atoms in total. The molecule has 0 bridgehead atoms. The van der Waals surface area contributed by atoms with Crippen LogP contribution in [0.25, 0.3) is 0 Å². The monoisotopic (exact) mass is 317 g/mol. The third-order valence-electron chi connectivity index (χ3n) is 3.72. The largest absolute Gasteiger partial charge is 0.479 e. The minimum absolute atomic E-state index is 0.255. The Morgan fingerprint density at radius 1 is 1.45 bits per heavy atom. The minimum Gasteiger partial charge on any atom is -0.479 e. The van der Waals surface area contributed by atoms with Gasteiger partial charge in [0.05, 0.1) is 16.0 Å². The van der Waals surface area contributed by atoms with E-state index < -0.39 is 26.6 Å². The smallest absolute Gasteiger partial charge is 0.330 e. The molecule has 1 aromatic carbocycles. The molecule has 1 aliphatic carbocycles. The van der Waals surface area contributed by atoms with E-state index in [9.17, 15) is 18.3 Å². The molecule has 2 unspecified atom stereocenters. The average molecular weight is 318 g/mol. The van der Waals surface area contributed by atoms with Gasteiger partial charge >= 0.3 is 5.97 Å². The fourth-order valence-electron chi connectivity index (χ4n) is 2.80. The molecule has 1 aromatic rings. The zero-order valence-corrected chi connectivity index (χ0v) is 12.5. The minimum atomic E-state index is -3.47. The van der Waals surface area contributed by atoms with Gasteiger partial charge in [-0.05, 0) is 31.4 Å². The van der Waals surface area contributed by atoms with Crippen LogP contribution in [0, 0.1) is 0 Å². The molecule has 0 amide bonds. The van der Waals surface area contributed by atoms with Gasteiger partial charge < -0.3 is 10.4 Å². The number of carbonyl (C=O) groups is 1. The molecule has 0 aliphatic heterocycles. The van der Waals surface area contributed by atoms with Gasteiger partial charge in [0.1, 0.15) is 0 Å². The summed E-state index contributed by atoms with van der Waals surface area (Å²) in [4.78, 5) is 11.7. The number of aliphatic carboxylic acids is 1. The molecule has 2 atom stereocenters. The third kappa shape index (κ3) is 2.62. The van der Waals surface area contributed by atoms with Crippen molar-refractivity contribution in [3.63, 3.8) is 0 Å². The van der Waals surface area contributed by atoms with Crippen LogP contribution in [0.4, 0.5) is 5.69 Å². The first kappa shape index (κ1) is 15.1. The van der Waals surface area contributed by atoms with E-state index in [1.807, 2.05) is 0 Å². The van der Waals surface area contributed by atoms with Crippen LogP contribution in [0.3, 0.4) is 0 Å². The quantitative estimate of drug-likeness (QED) is 0.889. The highest BCUT2D eigenvalue weighted by atomic mass is 35.5. The second-order valence-corrected chi connectivity index (χ2v) is 7.73. The van der Waals surface area contributed by atoms with Crippen LogP contribution in [0.2, 0.25) is 5.02 Å². The topological polar surface area (TPSA) is 83.5 Å². The van der Waals surface area contributed by atoms with Crippen molar-refractivity contribution < 1.29 is 18.3 Å². The molecule has 0 heterocycles. The number of anilines is 1. The summed E-state index contributed by atoms with van der Waals surface area (Å²) in [6.45, 7) is 0. The molecule has 0 saturated heterocycles. The Balaban J connectivity index is 2.46. The summed E-state index contributed by atoms with van der Waals surface area (Å²) in [5.41, 5.74) is -1.08. The Labute approximate surface area is 122 Å². The van der Waals surface area contributed by atoms with Crippen molar-refractivity contribution in [1.82, 2.24) is 0 Å². The second-order valence-electron chi connectivity index (χ2n) is 5.09. The Morgan fingerprint density at radius 2 is 2.10 bits per heavy atom. The van der Waals surface area contributed by atoms with Gasteiger partial charge in [0.2, 0.25) is 0 Å². The molecular weight excluding hydrogens is 302 g/mol. The van der Waals surface area contributed by atoms with E-state index in [-0.39, 0.29) is 6.42 Å². The molecule has 1 fully saturated rings. The lowest BCUT2D eigenvalue weighted by molar-refractivity contribution is -0.141. The van der Waals surface area contributed by atoms with Crippen LogP contribution < -0.4 is 5.32 Å². The molecule has 0 spiro atoms. The Morgan fingerprint density at radius 3 is 2.65 bits per heavy atom. The lowest BCUT2D eigenvalue weighted by Crippen LogP contribution is -2.55. The van der Waals surface area contributed by atoms with E-state index in [4.69, 9.17) is 11.6 Å². The van der Waals surface area contributed by atoms with Crippen molar-refractivity contribution in [3.05, 3.63) is 29.3 Å². The molecule has 2 rings (SSSR count). The van der Waals surface area contributed by atoms with Gasteiger partial charge in [-0.15, -0.1) is 0 Å². The van der Waals surface area contributed by atoms with Gasteiger partial charge in [-0.3, -0.25) is 0 Å². The number of para-hydroxylation sites is 1. The summed E-state index contributed by atoms with van der Waals surface area (Å²) in [5, 5.41) is 11.9. The molecule has 110 valence electrons. The number of nitrogens with one attached hydrogen (secondary N) is 1. The van der Waals surface area contributed by atoms with Gasteiger partial charge in [-0.1, -0.05) is 23.7 Å². The zero-order valence-electron chi connectivity index (χ0n) is 11.0. The normalized spacial score (nSPS) is 26.4. The summed E-state index contributed by atoms with van der Waals surface area (Å²) in [6, 6.07) is 6.71. The molecule has 0 aromatic heterocycles. The number of halogens is 1. The van der Waals surface area contributed by atoms with E-state index in [0.29, 0.717) is 23.6 Å². The number of hydrogen-bond acceptors (Lipinski definition) is 4. The molecule has 2 N–H and O–H groups in total. The van der Waals surface area contributed by atoms with Crippen LogP contribution in [0.1, 0.15) is 19.3 Å². The van der Waals surface area contributed by atoms with Crippen LogP contribution in [0.15, 0.2) is 24.3 Å². The number of hydrogen-bond donors (Lipinski definition) is 2. The number of benzene rings is 1. The predicted molar refractivity (Wildman–Crippen MR) is 77.9 cm³/mol. The SMILES string of the molecule is CS(=O)(=O)C1CCCC1(Nc1ccccc1Cl)C(=O)O. The van der Waals surface area contributed by atoms with Gasteiger partial charge in [-0.25, -0.2) is 13.2 Å². The lowest BCUT2D eigenvalue weighted by atomic mass is 9.96. The summed E-state index contributed by atoms with van der Waals surface area (Å²) in [5.74, 6) is -1.16. The van der Waals surface area contributed by atoms with Gasteiger partial charge in [0.15, 0.2) is 15.4 Å². The number of sulfone groups is 1. The van der Waals surface area contributed by atoms with Crippen molar-refractivity contribution in [2.24, 2.45) is 0 Å². The first-order chi connectivity index (χ1) is 9.27. The van der Waals surface area contributed by atoms with Crippen molar-refractivity contribution in [2.75, 3.05) is 11.6 Å². The highest BCUT2D eigenvalue weighted by molar-refractivity contribution is 7.91. The fourth-order valence-corrected chi connectivity index (χ4v) is 4.58. The first-order valence-electron chi connectivity index (χ1n) is 6.22. The predicted octanol–water partition coefficient (Wildman–Crippen LogP) is 2.17. The van der Waals surface area contributed by atoms with Gasteiger partial charge in [0.25, 0.3) is 0 Å². The number of rotatable bonds is 4. The maximum absolute atomic E-state index is 11.9. The van der Waals surface area contributed by atoms with Crippen molar-refractivity contribution in [2.45, 2.75) is 30.1 Å². The van der Waals surface area contributed by atoms with E-state index in [0.717, 1.165) is 6.26 Å². The second kappa shape index (κ2) is 5.26. The van der Waals surface area contributed by atoms with Crippen molar-refractivity contribution >= 4 is 33.1 Å². The van der Waals surface area contributed by atoms with Crippen LogP contribution in [0.5, 0.6) is 0 Å². The Hall–Kier alpha value is -1.27. The van der Waals surface area contributed by atoms with E-state index in [2.05, 4.69) is 5.32 Å². The third-order valence-corrected chi connectivity index (χ3v) is 5.72. The average Bonchev–Trinajstić information content (AvgIpc) is 2.77. The number of carboxylic acid groups (broad SMARTS) is 1. The lowest BCUT2D eigenvalue weighted by Gasteiger charge is -2.32. The molecule has 0 radical (unpaired) electrons. The van der Waals surface area contributed by atoms with E-state index >= 15 is 0 Å². The zero-order chi connectivity index (χ0) is 15.0. The standard InChI is InChI=1S/C13H16ClNO4S/c1-20(18,19)11-7-4-8-13(11,12(16)17)15-10-6-3-2-5-9(10)14/h2-3,5-6,11,15H,4,7-8H2,1H3,(H,16,17). The van der Waals surface area contributed by atoms with Gasteiger partial charge in [0, 0.05) is 6.26 Å². The van der Waals surface area contributed by atoms with Crippen LogP contribution >= 0.6 is 11.6 Å². The Kier molecular flexibility index (Phi) is 3.97.